The molecule has 1 N–H and O–H groups in total. The minimum atomic E-state index is 0. The van der Waals surface area contributed by atoms with Gasteiger partial charge in [-0.2, -0.15) is 13.5 Å². The lowest BCUT2D eigenvalue weighted by Crippen LogP contribution is -2.19. The van der Waals surface area contributed by atoms with E-state index in [0.717, 1.165) is 28.4 Å². The molecule has 0 spiro atoms. The van der Waals surface area contributed by atoms with Crippen LogP contribution in [0.25, 0.3) is 17.0 Å². The first kappa shape index (κ1) is 19.9. The van der Waals surface area contributed by atoms with Gasteiger partial charge in [-0.15, -0.1) is 0 Å². The summed E-state index contributed by atoms with van der Waals surface area (Å²) >= 11 is 0. The summed E-state index contributed by atoms with van der Waals surface area (Å²) in [5.74, 6) is 2.87. The number of ether oxygens (including phenoxy) is 2. The lowest BCUT2D eigenvalue weighted by molar-refractivity contribution is 0.162. The molecule has 5 heterocycles. The second-order valence-electron chi connectivity index (χ2n) is 6.78. The number of hydrogen-bond acceptors (Lipinski definition) is 8. The van der Waals surface area contributed by atoms with Gasteiger partial charge in [0.15, 0.2) is 5.75 Å². The Morgan fingerprint density at radius 2 is 2.00 bits per heavy atom. The highest BCUT2D eigenvalue weighted by Crippen LogP contribution is 2.35. The van der Waals surface area contributed by atoms with Crippen molar-refractivity contribution in [1.29, 1.82) is 0 Å². The molecule has 0 aliphatic carbocycles. The maximum absolute atomic E-state index is 5.78. The summed E-state index contributed by atoms with van der Waals surface area (Å²) in [4.78, 5) is 21.5. The Hall–Kier alpha value is -3.40. The van der Waals surface area contributed by atoms with Gasteiger partial charge in [0.2, 0.25) is 5.78 Å². The molecule has 4 aromatic heterocycles. The zero-order chi connectivity index (χ0) is 19.6. The van der Waals surface area contributed by atoms with E-state index in [1.807, 2.05) is 28.9 Å². The second kappa shape index (κ2) is 8.54. The van der Waals surface area contributed by atoms with Crippen molar-refractivity contribution in [3.63, 3.8) is 0 Å². The molecule has 0 amide bonds. The van der Waals surface area contributed by atoms with E-state index in [-0.39, 0.29) is 19.4 Å². The van der Waals surface area contributed by atoms with Crippen molar-refractivity contribution < 1.29 is 9.47 Å². The number of aromatic nitrogens is 6. The van der Waals surface area contributed by atoms with E-state index in [9.17, 15) is 0 Å². The summed E-state index contributed by atoms with van der Waals surface area (Å²) in [7, 11) is 0. The third-order valence-electron chi connectivity index (χ3n) is 4.80. The van der Waals surface area contributed by atoms with Gasteiger partial charge in [-0.25, -0.2) is 24.9 Å². The van der Waals surface area contributed by atoms with Crippen molar-refractivity contribution in [3.8, 4) is 22.9 Å². The van der Waals surface area contributed by atoms with E-state index < -0.39 is 0 Å². The Bertz CT molecular complexity index is 1170. The van der Waals surface area contributed by atoms with Gasteiger partial charge in [0.1, 0.15) is 25.4 Å². The van der Waals surface area contributed by atoms with Crippen LogP contribution < -0.4 is 14.8 Å². The highest BCUT2D eigenvalue weighted by Gasteiger charge is 2.20. The number of fused-ring (bicyclic) bond motifs is 2. The SMILES string of the molecule is C[C@H](CNc1cc(-c2cnc3nccn3c2)ncn1)c1ccnc2c1OCCO2.S. The molecule has 0 fully saturated rings. The van der Waals surface area contributed by atoms with Gasteiger partial charge >= 0.3 is 0 Å². The first-order valence-electron chi connectivity index (χ1n) is 9.37. The Kier molecular flexibility index (Phi) is 5.66. The Morgan fingerprint density at radius 1 is 1.10 bits per heavy atom. The lowest BCUT2D eigenvalue weighted by atomic mass is 10.0. The maximum atomic E-state index is 5.78. The smallest absolute Gasteiger partial charge is 0.257 e. The number of pyridine rings is 1. The highest BCUT2D eigenvalue weighted by atomic mass is 32.1. The van der Waals surface area contributed by atoms with Crippen LogP contribution in [0.5, 0.6) is 11.6 Å². The predicted octanol–water partition coefficient (Wildman–Crippen LogP) is 2.68. The summed E-state index contributed by atoms with van der Waals surface area (Å²) in [6.07, 6.45) is 10.6. The molecule has 0 unspecified atom stereocenters. The van der Waals surface area contributed by atoms with E-state index in [2.05, 4.69) is 37.2 Å². The van der Waals surface area contributed by atoms with Crippen molar-refractivity contribution in [3.05, 3.63) is 55.0 Å². The first-order valence-corrected chi connectivity index (χ1v) is 9.37. The van der Waals surface area contributed by atoms with E-state index in [4.69, 9.17) is 9.47 Å². The van der Waals surface area contributed by atoms with Crippen LogP contribution in [-0.2, 0) is 0 Å². The third kappa shape index (κ3) is 3.86. The first-order chi connectivity index (χ1) is 14.3. The molecule has 0 saturated carbocycles. The quantitative estimate of drug-likeness (QED) is 0.523. The average Bonchev–Trinajstić information content (AvgIpc) is 3.25. The second-order valence-corrected chi connectivity index (χ2v) is 6.78. The van der Waals surface area contributed by atoms with E-state index in [0.29, 0.717) is 31.4 Å². The van der Waals surface area contributed by atoms with Crippen LogP contribution in [-0.4, -0.2) is 49.1 Å². The van der Waals surface area contributed by atoms with Gasteiger partial charge in [-0.3, -0.25) is 4.40 Å². The molecule has 154 valence electrons. The maximum Gasteiger partial charge on any atom is 0.257 e. The van der Waals surface area contributed by atoms with E-state index in [1.165, 1.54) is 0 Å². The molecule has 30 heavy (non-hydrogen) atoms. The van der Waals surface area contributed by atoms with Crippen molar-refractivity contribution in [1.82, 2.24) is 29.3 Å². The number of imidazole rings is 1. The van der Waals surface area contributed by atoms with Crippen LogP contribution in [0.1, 0.15) is 18.4 Å². The molecule has 0 radical (unpaired) electrons. The molecule has 0 saturated heterocycles. The minimum Gasteiger partial charge on any atom is -0.484 e. The fourth-order valence-electron chi connectivity index (χ4n) is 3.29. The van der Waals surface area contributed by atoms with Crippen LogP contribution in [0.2, 0.25) is 0 Å². The number of hydrogen-bond donors (Lipinski definition) is 1. The summed E-state index contributed by atoms with van der Waals surface area (Å²) in [5.41, 5.74) is 2.74. The van der Waals surface area contributed by atoms with Gasteiger partial charge < -0.3 is 14.8 Å². The van der Waals surface area contributed by atoms with Gasteiger partial charge in [-0.1, -0.05) is 6.92 Å². The zero-order valence-electron chi connectivity index (χ0n) is 16.3. The number of nitrogens with one attached hydrogen (secondary N) is 1. The molecule has 1 aliphatic rings. The number of nitrogens with zero attached hydrogens (tertiary/aromatic N) is 6. The fourth-order valence-corrected chi connectivity index (χ4v) is 3.29. The summed E-state index contributed by atoms with van der Waals surface area (Å²) < 4.78 is 13.2. The molecule has 0 aromatic carbocycles. The largest absolute Gasteiger partial charge is 0.484 e. The normalized spacial score (nSPS) is 13.5. The minimum absolute atomic E-state index is 0. The Labute approximate surface area is 180 Å². The average molecular weight is 424 g/mol. The third-order valence-corrected chi connectivity index (χ3v) is 4.80. The molecule has 10 heteroatoms. The summed E-state index contributed by atoms with van der Waals surface area (Å²) in [6, 6.07) is 3.88. The number of anilines is 1. The topological polar surface area (TPSA) is 99.4 Å². The Morgan fingerprint density at radius 3 is 2.93 bits per heavy atom. The van der Waals surface area contributed by atoms with Crippen LogP contribution in [0.4, 0.5) is 5.82 Å². The molecule has 1 atom stereocenters. The lowest BCUT2D eigenvalue weighted by Gasteiger charge is -2.22. The monoisotopic (exact) mass is 423 g/mol. The molecule has 4 aromatic rings. The predicted molar refractivity (Wildman–Crippen MR) is 117 cm³/mol. The molecule has 9 nitrogen and oxygen atoms in total. The van der Waals surface area contributed by atoms with Crippen LogP contribution in [0.3, 0.4) is 0 Å². The van der Waals surface area contributed by atoms with Crippen molar-refractivity contribution >= 4 is 25.1 Å². The molecule has 0 bridgehead atoms. The van der Waals surface area contributed by atoms with E-state index in [1.54, 1.807) is 24.9 Å². The highest BCUT2D eigenvalue weighted by molar-refractivity contribution is 7.59. The van der Waals surface area contributed by atoms with Crippen LogP contribution in [0.15, 0.2) is 49.4 Å². The van der Waals surface area contributed by atoms with Crippen molar-refractivity contribution in [2.45, 2.75) is 12.8 Å². The van der Waals surface area contributed by atoms with Crippen LogP contribution in [0, 0.1) is 0 Å². The van der Waals surface area contributed by atoms with Gasteiger partial charge in [0, 0.05) is 60.6 Å². The number of rotatable bonds is 5. The molecule has 1 aliphatic heterocycles. The van der Waals surface area contributed by atoms with Gasteiger partial charge in [0.25, 0.3) is 5.88 Å². The molecule has 5 rings (SSSR count). The standard InChI is InChI=1S/C20H19N7O2.H2S/c1-13(15-2-3-21-19-18(15)28-6-7-29-19)9-23-17-8-16(25-12-26-17)14-10-24-20-22-4-5-27(20)11-14;/h2-5,8,10-13H,6-7,9H2,1H3,(H,23,25,26);1H2/t13-;/m1./s1. The van der Waals surface area contributed by atoms with Gasteiger partial charge in [0.05, 0.1) is 5.69 Å². The molecular formula is C20H21N7O2S. The Balaban J connectivity index is 0.00000218. The summed E-state index contributed by atoms with van der Waals surface area (Å²) in [5, 5.41) is 3.38. The fraction of sp³-hybridized carbons (Fsp3) is 0.250. The molecular weight excluding hydrogens is 402 g/mol. The van der Waals surface area contributed by atoms with Crippen molar-refractivity contribution in [2.75, 3.05) is 25.1 Å². The van der Waals surface area contributed by atoms with Gasteiger partial charge in [-0.05, 0) is 6.07 Å². The van der Waals surface area contributed by atoms with E-state index >= 15 is 0 Å². The zero-order valence-corrected chi connectivity index (χ0v) is 17.3. The van der Waals surface area contributed by atoms with Crippen LogP contribution >= 0.6 is 13.5 Å². The summed E-state index contributed by atoms with van der Waals surface area (Å²) in [6.45, 7) is 3.87. The van der Waals surface area contributed by atoms with Crippen molar-refractivity contribution in [2.24, 2.45) is 0 Å².